The van der Waals surface area contributed by atoms with E-state index in [1.54, 1.807) is 43.4 Å². The SMILES string of the molecule is COc1ccccc1-c1nnn(C)c1C(=O)NCCNc1cc(NC(=O)c2ccc(N(C)C)cc2)c(N([O-])O)cc1Cl. The molecule has 0 atom stereocenters. The molecule has 4 rings (SSSR count). The number of halogens is 1. The number of hydrogen-bond donors (Lipinski definition) is 4. The van der Waals surface area contributed by atoms with Crippen molar-refractivity contribution in [3.63, 3.8) is 0 Å². The zero-order valence-corrected chi connectivity index (χ0v) is 24.1. The van der Waals surface area contributed by atoms with Gasteiger partial charge in [-0.2, -0.15) is 0 Å². The summed E-state index contributed by atoms with van der Waals surface area (Å²) in [7, 11) is 6.92. The van der Waals surface area contributed by atoms with Crippen molar-refractivity contribution < 1.29 is 19.5 Å². The van der Waals surface area contributed by atoms with Gasteiger partial charge in [0.2, 0.25) is 0 Å². The number of para-hydroxylation sites is 1. The van der Waals surface area contributed by atoms with Crippen LogP contribution in [0.3, 0.4) is 0 Å². The number of nitrogens with one attached hydrogen (secondary N) is 3. The first-order valence-corrected chi connectivity index (χ1v) is 13.1. The normalized spacial score (nSPS) is 10.6. The quantitative estimate of drug-likeness (QED) is 0.148. The van der Waals surface area contributed by atoms with E-state index in [-0.39, 0.29) is 40.4 Å². The van der Waals surface area contributed by atoms with Crippen LogP contribution in [-0.2, 0) is 7.05 Å². The second-order valence-corrected chi connectivity index (χ2v) is 9.72. The summed E-state index contributed by atoms with van der Waals surface area (Å²) < 4.78 is 6.78. The number of aromatic nitrogens is 3. The van der Waals surface area contributed by atoms with Crippen LogP contribution in [-0.4, -0.2) is 66.3 Å². The monoisotopic (exact) mass is 593 g/mol. The smallest absolute Gasteiger partial charge is 0.271 e. The molecule has 0 spiro atoms. The maximum Gasteiger partial charge on any atom is 0.271 e. The predicted molar refractivity (Wildman–Crippen MR) is 162 cm³/mol. The van der Waals surface area contributed by atoms with Crippen LogP contribution >= 0.6 is 11.6 Å². The highest BCUT2D eigenvalue weighted by molar-refractivity contribution is 6.34. The fraction of sp³-hybridized carbons (Fsp3) is 0.214. The minimum Gasteiger partial charge on any atom is -0.733 e. The van der Waals surface area contributed by atoms with Gasteiger partial charge >= 0.3 is 0 Å². The van der Waals surface area contributed by atoms with Crippen molar-refractivity contribution in [2.75, 3.05) is 55.1 Å². The Morgan fingerprint density at radius 1 is 1.05 bits per heavy atom. The number of amides is 2. The number of carbonyl (C=O) groups is 2. The molecule has 0 bridgehead atoms. The molecule has 2 amide bonds. The standard InChI is InChI=1S/C28H30ClN8O5/c1-35(2)18-11-9-17(10-12-18)27(38)32-22-16-21(20(29)15-23(22)37(40)41)30-13-14-31-28(39)26-25(33-34-36(26)3)19-7-5-6-8-24(19)42-4/h5-12,15-16,30,40H,13-14H2,1-4H3,(H,31,39)(H,32,38)/q-1. The number of methoxy groups -OCH3 is 1. The largest absolute Gasteiger partial charge is 0.733 e. The van der Waals surface area contributed by atoms with E-state index in [2.05, 4.69) is 26.3 Å². The molecule has 0 radical (unpaired) electrons. The minimum absolute atomic E-state index is 0.0348. The number of benzene rings is 3. The topological polar surface area (TPSA) is 160 Å². The van der Waals surface area contributed by atoms with Crippen molar-refractivity contribution in [2.45, 2.75) is 0 Å². The molecule has 0 aliphatic heterocycles. The van der Waals surface area contributed by atoms with Crippen molar-refractivity contribution >= 4 is 46.2 Å². The fourth-order valence-electron chi connectivity index (χ4n) is 4.15. The molecule has 42 heavy (non-hydrogen) atoms. The molecular weight excluding hydrogens is 564 g/mol. The van der Waals surface area contributed by atoms with E-state index in [0.29, 0.717) is 28.3 Å². The molecule has 1 aromatic heterocycles. The van der Waals surface area contributed by atoms with E-state index < -0.39 is 11.8 Å². The summed E-state index contributed by atoms with van der Waals surface area (Å²) in [5.41, 5.74) is 2.68. The van der Waals surface area contributed by atoms with Gasteiger partial charge in [-0.15, -0.1) is 5.10 Å². The summed E-state index contributed by atoms with van der Waals surface area (Å²) in [6, 6.07) is 16.7. The van der Waals surface area contributed by atoms with Crippen LogP contribution in [0.1, 0.15) is 20.8 Å². The Hall–Kier alpha value is -4.85. The maximum atomic E-state index is 13.1. The highest BCUT2D eigenvalue weighted by Crippen LogP contribution is 2.35. The number of aryl methyl sites for hydroxylation is 1. The number of carbonyl (C=O) groups excluding carboxylic acids is 2. The third-order valence-corrected chi connectivity index (χ3v) is 6.63. The molecule has 1 heterocycles. The highest BCUT2D eigenvalue weighted by Gasteiger charge is 2.22. The summed E-state index contributed by atoms with van der Waals surface area (Å²) in [5, 5.41) is 37.8. The van der Waals surface area contributed by atoms with Crippen LogP contribution in [0.4, 0.5) is 22.7 Å². The van der Waals surface area contributed by atoms with Crippen molar-refractivity contribution in [3.05, 3.63) is 82.2 Å². The van der Waals surface area contributed by atoms with Gasteiger partial charge < -0.3 is 36.0 Å². The van der Waals surface area contributed by atoms with Crippen LogP contribution in [0.15, 0.2) is 60.7 Å². The van der Waals surface area contributed by atoms with Crippen LogP contribution in [0, 0.1) is 5.21 Å². The minimum atomic E-state index is -0.487. The van der Waals surface area contributed by atoms with Gasteiger partial charge in [0.25, 0.3) is 11.8 Å². The van der Waals surface area contributed by atoms with Gasteiger partial charge in [-0.1, -0.05) is 28.9 Å². The lowest BCUT2D eigenvalue weighted by Gasteiger charge is -2.26. The van der Waals surface area contributed by atoms with Crippen LogP contribution < -0.4 is 30.8 Å². The predicted octanol–water partition coefficient (Wildman–Crippen LogP) is 4.00. The molecule has 4 N–H and O–H groups in total. The number of ether oxygens (including phenoxy) is 1. The first kappa shape index (κ1) is 30.1. The van der Waals surface area contributed by atoms with Crippen LogP contribution in [0.2, 0.25) is 5.02 Å². The molecule has 0 aliphatic rings. The van der Waals surface area contributed by atoms with E-state index in [1.807, 2.05) is 31.1 Å². The molecule has 13 nitrogen and oxygen atoms in total. The molecule has 14 heteroatoms. The van der Waals surface area contributed by atoms with Gasteiger partial charge in [-0.3, -0.25) is 14.8 Å². The molecule has 4 aromatic rings. The average molecular weight is 594 g/mol. The van der Waals surface area contributed by atoms with Crippen LogP contribution in [0.5, 0.6) is 5.75 Å². The van der Waals surface area contributed by atoms with E-state index >= 15 is 0 Å². The third-order valence-electron chi connectivity index (χ3n) is 6.32. The Morgan fingerprint density at radius 2 is 1.76 bits per heavy atom. The Kier molecular flexibility index (Phi) is 9.47. The Morgan fingerprint density at radius 3 is 2.43 bits per heavy atom. The maximum absolute atomic E-state index is 13.1. The van der Waals surface area contributed by atoms with Crippen LogP contribution in [0.25, 0.3) is 11.3 Å². The fourth-order valence-corrected chi connectivity index (χ4v) is 4.38. The zero-order valence-electron chi connectivity index (χ0n) is 23.4. The second-order valence-electron chi connectivity index (χ2n) is 9.31. The first-order chi connectivity index (χ1) is 20.1. The summed E-state index contributed by atoms with van der Waals surface area (Å²) in [5.74, 6) is -0.332. The molecule has 0 aliphatic carbocycles. The molecule has 220 valence electrons. The molecular formula is C28H30ClN8O5-. The summed E-state index contributed by atoms with van der Waals surface area (Å²) in [6.07, 6.45) is 0. The van der Waals surface area contributed by atoms with Crippen molar-refractivity contribution in [3.8, 4) is 17.0 Å². The Labute approximate surface area is 247 Å². The lowest BCUT2D eigenvalue weighted by Crippen LogP contribution is -2.30. The van der Waals surface area contributed by atoms with Gasteiger partial charge in [0.15, 0.2) is 5.69 Å². The molecule has 3 aromatic carbocycles. The molecule has 0 saturated carbocycles. The lowest BCUT2D eigenvalue weighted by molar-refractivity contribution is 0.0945. The summed E-state index contributed by atoms with van der Waals surface area (Å²) in [4.78, 5) is 27.8. The van der Waals surface area contributed by atoms with Gasteiger partial charge in [-0.05, 0) is 48.5 Å². The second kappa shape index (κ2) is 13.2. The summed E-state index contributed by atoms with van der Waals surface area (Å²) >= 11 is 6.33. The lowest BCUT2D eigenvalue weighted by atomic mass is 10.1. The van der Waals surface area contributed by atoms with Crippen molar-refractivity contribution in [2.24, 2.45) is 7.05 Å². The van der Waals surface area contributed by atoms with Crippen molar-refractivity contribution in [1.82, 2.24) is 20.3 Å². The number of anilines is 4. The van der Waals surface area contributed by atoms with Gasteiger partial charge in [-0.25, -0.2) is 4.68 Å². The van der Waals surface area contributed by atoms with E-state index in [0.717, 1.165) is 5.69 Å². The van der Waals surface area contributed by atoms with Gasteiger partial charge in [0, 0.05) is 51.0 Å². The Bertz CT molecular complexity index is 1570. The Balaban J connectivity index is 1.44. The highest BCUT2D eigenvalue weighted by atomic mass is 35.5. The van der Waals surface area contributed by atoms with Gasteiger partial charge in [0.05, 0.1) is 29.2 Å². The number of hydrogen-bond acceptors (Lipinski definition) is 10. The van der Waals surface area contributed by atoms with E-state index in [9.17, 15) is 20.0 Å². The first-order valence-electron chi connectivity index (χ1n) is 12.7. The average Bonchev–Trinajstić information content (AvgIpc) is 3.37. The van der Waals surface area contributed by atoms with E-state index in [1.165, 1.54) is 23.9 Å². The van der Waals surface area contributed by atoms with Gasteiger partial charge in [0.1, 0.15) is 11.4 Å². The summed E-state index contributed by atoms with van der Waals surface area (Å²) in [6.45, 7) is 0.417. The third kappa shape index (κ3) is 6.71. The van der Waals surface area contributed by atoms with Crippen molar-refractivity contribution in [1.29, 1.82) is 0 Å². The molecule has 0 unspecified atom stereocenters. The number of nitrogens with zero attached hydrogens (tertiary/aromatic N) is 5. The zero-order chi connectivity index (χ0) is 30.4. The molecule has 0 saturated heterocycles. The van der Waals surface area contributed by atoms with E-state index in [4.69, 9.17) is 16.3 Å². The number of rotatable bonds is 11. The molecule has 0 fully saturated rings.